The third kappa shape index (κ3) is 3.50. The predicted octanol–water partition coefficient (Wildman–Crippen LogP) is 2.92. The van der Waals surface area contributed by atoms with Gasteiger partial charge in [0.05, 0.1) is 23.0 Å². The average Bonchev–Trinajstić information content (AvgIpc) is 3.13. The number of hydrogen-bond donors (Lipinski definition) is 1. The standard InChI is InChI=1S/C13H18ClFN2O/c1-17(4-5-18-8-9-2-3-9)13-7-11(15)10(14)6-12(13)16/h6-7,9H,2-5,8,16H2,1H3. The van der Waals surface area contributed by atoms with Crippen LogP contribution in [0.4, 0.5) is 15.8 Å². The summed E-state index contributed by atoms with van der Waals surface area (Å²) < 4.78 is 18.9. The van der Waals surface area contributed by atoms with Gasteiger partial charge in [-0.2, -0.15) is 0 Å². The Hall–Kier alpha value is -1.00. The van der Waals surface area contributed by atoms with Crippen molar-refractivity contribution in [2.75, 3.05) is 37.4 Å². The molecule has 1 aromatic carbocycles. The molecule has 0 heterocycles. The van der Waals surface area contributed by atoms with Crippen molar-refractivity contribution in [2.24, 2.45) is 5.92 Å². The molecule has 5 heteroatoms. The van der Waals surface area contributed by atoms with Crippen molar-refractivity contribution in [3.8, 4) is 0 Å². The SMILES string of the molecule is CN(CCOCC1CC1)c1cc(F)c(Cl)cc1N. The van der Waals surface area contributed by atoms with Crippen LogP contribution in [0.5, 0.6) is 0 Å². The molecule has 2 N–H and O–H groups in total. The summed E-state index contributed by atoms with van der Waals surface area (Å²) in [6.45, 7) is 2.13. The zero-order chi connectivity index (χ0) is 13.1. The molecule has 0 amide bonds. The van der Waals surface area contributed by atoms with Crippen molar-refractivity contribution in [2.45, 2.75) is 12.8 Å². The smallest absolute Gasteiger partial charge is 0.144 e. The molecule has 2 rings (SSSR count). The maximum absolute atomic E-state index is 13.4. The summed E-state index contributed by atoms with van der Waals surface area (Å²) in [7, 11) is 1.86. The van der Waals surface area contributed by atoms with Gasteiger partial charge in [0.25, 0.3) is 0 Å². The summed E-state index contributed by atoms with van der Waals surface area (Å²) in [5, 5.41) is 0.0506. The first-order valence-corrected chi connectivity index (χ1v) is 6.49. The molecule has 100 valence electrons. The normalized spacial score (nSPS) is 14.8. The van der Waals surface area contributed by atoms with Gasteiger partial charge in [-0.3, -0.25) is 0 Å². The summed E-state index contributed by atoms with van der Waals surface area (Å²) in [4.78, 5) is 1.88. The molecule has 0 unspecified atom stereocenters. The number of hydrogen-bond acceptors (Lipinski definition) is 3. The lowest BCUT2D eigenvalue weighted by Gasteiger charge is -2.21. The fourth-order valence-electron chi connectivity index (χ4n) is 1.74. The van der Waals surface area contributed by atoms with Crippen LogP contribution < -0.4 is 10.6 Å². The van der Waals surface area contributed by atoms with E-state index < -0.39 is 5.82 Å². The second-order valence-electron chi connectivity index (χ2n) is 4.76. The fourth-order valence-corrected chi connectivity index (χ4v) is 1.91. The second kappa shape index (κ2) is 5.76. The van der Waals surface area contributed by atoms with Crippen molar-refractivity contribution in [3.05, 3.63) is 23.0 Å². The highest BCUT2D eigenvalue weighted by atomic mass is 35.5. The Kier molecular flexibility index (Phi) is 4.30. The largest absolute Gasteiger partial charge is 0.397 e. The Morgan fingerprint density at radius 2 is 2.22 bits per heavy atom. The van der Waals surface area contributed by atoms with Gasteiger partial charge in [-0.15, -0.1) is 0 Å². The fraction of sp³-hybridized carbons (Fsp3) is 0.538. The number of rotatable bonds is 6. The van der Waals surface area contributed by atoms with Crippen molar-refractivity contribution < 1.29 is 9.13 Å². The molecule has 1 saturated carbocycles. The predicted molar refractivity (Wildman–Crippen MR) is 72.6 cm³/mol. The minimum Gasteiger partial charge on any atom is -0.397 e. The molecule has 3 nitrogen and oxygen atoms in total. The molecule has 0 saturated heterocycles. The van der Waals surface area contributed by atoms with Gasteiger partial charge in [0.15, 0.2) is 0 Å². The van der Waals surface area contributed by atoms with E-state index in [9.17, 15) is 4.39 Å². The lowest BCUT2D eigenvalue weighted by molar-refractivity contribution is 0.131. The van der Waals surface area contributed by atoms with Crippen LogP contribution in [0.25, 0.3) is 0 Å². The Bertz CT molecular complexity index is 424. The minimum atomic E-state index is -0.452. The van der Waals surface area contributed by atoms with Gasteiger partial charge in [0.2, 0.25) is 0 Å². The van der Waals surface area contributed by atoms with Crippen LogP contribution in [-0.4, -0.2) is 26.8 Å². The zero-order valence-electron chi connectivity index (χ0n) is 10.5. The molecular weight excluding hydrogens is 255 g/mol. The topological polar surface area (TPSA) is 38.5 Å². The molecule has 0 atom stereocenters. The molecule has 1 aliphatic rings. The van der Waals surface area contributed by atoms with E-state index in [-0.39, 0.29) is 5.02 Å². The second-order valence-corrected chi connectivity index (χ2v) is 5.17. The third-order valence-corrected chi connectivity index (χ3v) is 3.39. The first-order chi connectivity index (χ1) is 8.58. The molecule has 0 spiro atoms. The van der Waals surface area contributed by atoms with Crippen LogP contribution in [0.3, 0.4) is 0 Å². The maximum Gasteiger partial charge on any atom is 0.144 e. The van der Waals surface area contributed by atoms with E-state index in [4.69, 9.17) is 22.1 Å². The summed E-state index contributed by atoms with van der Waals surface area (Å²) in [6.07, 6.45) is 2.57. The lowest BCUT2D eigenvalue weighted by Crippen LogP contribution is -2.24. The monoisotopic (exact) mass is 272 g/mol. The highest BCUT2D eigenvalue weighted by molar-refractivity contribution is 6.31. The zero-order valence-corrected chi connectivity index (χ0v) is 11.2. The number of nitrogens with zero attached hydrogens (tertiary/aromatic N) is 1. The van der Waals surface area contributed by atoms with Crippen molar-refractivity contribution in [1.82, 2.24) is 0 Å². The van der Waals surface area contributed by atoms with Crippen LogP contribution in [0.2, 0.25) is 5.02 Å². The Morgan fingerprint density at radius 3 is 2.89 bits per heavy atom. The molecule has 0 aromatic heterocycles. The Morgan fingerprint density at radius 1 is 1.50 bits per heavy atom. The van der Waals surface area contributed by atoms with Crippen LogP contribution >= 0.6 is 11.6 Å². The van der Waals surface area contributed by atoms with Gasteiger partial charge in [-0.25, -0.2) is 4.39 Å². The van der Waals surface area contributed by atoms with Gasteiger partial charge >= 0.3 is 0 Å². The molecule has 0 bridgehead atoms. The molecule has 0 aliphatic heterocycles. The van der Waals surface area contributed by atoms with E-state index in [1.165, 1.54) is 25.0 Å². The molecule has 1 aliphatic carbocycles. The highest BCUT2D eigenvalue weighted by Crippen LogP contribution is 2.29. The number of anilines is 2. The van der Waals surface area contributed by atoms with Gasteiger partial charge in [0.1, 0.15) is 5.82 Å². The van der Waals surface area contributed by atoms with E-state index in [2.05, 4.69) is 0 Å². The number of nitrogens with two attached hydrogens (primary N) is 1. The highest BCUT2D eigenvalue weighted by Gasteiger charge is 2.21. The third-order valence-electron chi connectivity index (χ3n) is 3.10. The summed E-state index contributed by atoms with van der Waals surface area (Å²) >= 11 is 5.66. The van der Waals surface area contributed by atoms with Crippen molar-refractivity contribution >= 4 is 23.0 Å². The van der Waals surface area contributed by atoms with Crippen LogP contribution in [0.15, 0.2) is 12.1 Å². The number of halogens is 2. The maximum atomic E-state index is 13.4. The first-order valence-electron chi connectivity index (χ1n) is 6.11. The summed E-state index contributed by atoms with van der Waals surface area (Å²) in [6, 6.07) is 2.80. The van der Waals surface area contributed by atoms with Crippen molar-refractivity contribution in [3.63, 3.8) is 0 Å². The summed E-state index contributed by atoms with van der Waals surface area (Å²) in [5.74, 6) is 0.306. The van der Waals surface area contributed by atoms with Gasteiger partial charge < -0.3 is 15.4 Å². The minimum absolute atomic E-state index is 0.0506. The van der Waals surface area contributed by atoms with Gasteiger partial charge in [-0.05, 0) is 24.8 Å². The van der Waals surface area contributed by atoms with Crippen LogP contribution in [0, 0.1) is 11.7 Å². The molecular formula is C13H18ClFN2O. The molecule has 0 radical (unpaired) electrons. The number of benzene rings is 1. The summed E-state index contributed by atoms with van der Waals surface area (Å²) in [5.41, 5.74) is 6.94. The van der Waals surface area contributed by atoms with Crippen LogP contribution in [0.1, 0.15) is 12.8 Å². The average molecular weight is 273 g/mol. The molecule has 18 heavy (non-hydrogen) atoms. The Balaban J connectivity index is 1.86. The number of ether oxygens (including phenoxy) is 1. The first kappa shape index (κ1) is 13.4. The van der Waals surface area contributed by atoms with E-state index >= 15 is 0 Å². The van der Waals surface area contributed by atoms with Crippen LogP contribution in [-0.2, 0) is 4.74 Å². The van der Waals surface area contributed by atoms with E-state index in [1.54, 1.807) is 0 Å². The quantitative estimate of drug-likeness (QED) is 0.639. The van der Waals surface area contributed by atoms with E-state index in [0.717, 1.165) is 12.5 Å². The Labute approximate surface area is 112 Å². The molecule has 1 aromatic rings. The van der Waals surface area contributed by atoms with E-state index in [0.29, 0.717) is 24.5 Å². The lowest BCUT2D eigenvalue weighted by atomic mass is 10.2. The number of nitrogen functional groups attached to an aromatic ring is 1. The number of likely N-dealkylation sites (N-methyl/N-ethyl adjacent to an activating group) is 1. The van der Waals surface area contributed by atoms with Crippen molar-refractivity contribution in [1.29, 1.82) is 0 Å². The van der Waals surface area contributed by atoms with Gasteiger partial charge in [0, 0.05) is 26.3 Å². The van der Waals surface area contributed by atoms with Gasteiger partial charge in [-0.1, -0.05) is 11.6 Å². The molecule has 1 fully saturated rings. The van der Waals surface area contributed by atoms with E-state index in [1.807, 2.05) is 11.9 Å².